The molecule has 0 radical (unpaired) electrons. The van der Waals surface area contributed by atoms with Gasteiger partial charge in [0.15, 0.2) is 0 Å². The zero-order valence-electron chi connectivity index (χ0n) is 7.33. The summed E-state index contributed by atoms with van der Waals surface area (Å²) in [6.07, 6.45) is 0. The Labute approximate surface area is 80.3 Å². The molecule has 0 atom stereocenters. The van der Waals surface area contributed by atoms with E-state index in [9.17, 15) is 9.59 Å². The molecule has 0 aromatic heterocycles. The second-order valence-electron chi connectivity index (χ2n) is 3.00. The Bertz CT molecular complexity index is 415. The van der Waals surface area contributed by atoms with Crippen LogP contribution in [0.1, 0.15) is 10.4 Å². The summed E-state index contributed by atoms with van der Waals surface area (Å²) in [5, 5.41) is 5.04. The van der Waals surface area contributed by atoms with Gasteiger partial charge in [0, 0.05) is 0 Å². The van der Waals surface area contributed by atoms with E-state index in [0.29, 0.717) is 16.9 Å². The molecule has 0 saturated heterocycles. The van der Waals surface area contributed by atoms with Crippen LogP contribution in [0.2, 0.25) is 0 Å². The number of para-hydroxylation sites is 1. The number of carbonyl (C=O) groups is 2. The molecule has 0 spiro atoms. The number of benzene rings is 1. The van der Waals surface area contributed by atoms with Crippen molar-refractivity contribution in [2.45, 2.75) is 0 Å². The Kier molecular flexibility index (Phi) is 1.85. The van der Waals surface area contributed by atoms with Gasteiger partial charge < -0.3 is 16.4 Å². The van der Waals surface area contributed by atoms with Crippen LogP contribution in [0.3, 0.4) is 0 Å². The number of nitrogens with one attached hydrogen (secondary N) is 2. The van der Waals surface area contributed by atoms with Crippen molar-refractivity contribution in [2.75, 3.05) is 17.6 Å². The van der Waals surface area contributed by atoms with Crippen molar-refractivity contribution < 1.29 is 9.59 Å². The number of fused-ring (bicyclic) bond motifs is 1. The Balaban J connectivity index is 2.57. The molecule has 1 aliphatic rings. The molecule has 0 saturated carbocycles. The van der Waals surface area contributed by atoms with Crippen LogP contribution in [-0.2, 0) is 4.79 Å². The molecule has 2 rings (SSSR count). The molecule has 0 bridgehead atoms. The number of hydrogen-bond acceptors (Lipinski definition) is 3. The Hall–Kier alpha value is -2.04. The maximum Gasteiger partial charge on any atom is 0.253 e. The highest BCUT2D eigenvalue weighted by Gasteiger charge is 2.19. The van der Waals surface area contributed by atoms with Gasteiger partial charge in [-0.25, -0.2) is 0 Å². The monoisotopic (exact) mass is 191 g/mol. The SMILES string of the molecule is Nc1cccc2c1NC(=O)CNC2=O. The van der Waals surface area contributed by atoms with Gasteiger partial charge in [0.2, 0.25) is 5.91 Å². The van der Waals surface area contributed by atoms with E-state index in [1.54, 1.807) is 18.2 Å². The van der Waals surface area contributed by atoms with Crippen molar-refractivity contribution in [3.8, 4) is 0 Å². The maximum absolute atomic E-state index is 11.4. The first-order valence-corrected chi connectivity index (χ1v) is 4.15. The fourth-order valence-corrected chi connectivity index (χ4v) is 1.34. The predicted octanol–water partition coefficient (Wildman–Crippen LogP) is -0.0493. The number of amides is 2. The lowest BCUT2D eigenvalue weighted by atomic mass is 10.1. The minimum atomic E-state index is -0.286. The Morgan fingerprint density at radius 3 is 2.86 bits per heavy atom. The van der Waals surface area contributed by atoms with E-state index in [4.69, 9.17) is 5.73 Å². The molecule has 14 heavy (non-hydrogen) atoms. The lowest BCUT2D eigenvalue weighted by Crippen LogP contribution is -2.28. The number of anilines is 2. The first-order chi connectivity index (χ1) is 6.68. The molecule has 1 aromatic carbocycles. The van der Waals surface area contributed by atoms with Crippen LogP contribution in [0, 0.1) is 0 Å². The molecule has 0 fully saturated rings. The van der Waals surface area contributed by atoms with Crippen molar-refractivity contribution in [3.63, 3.8) is 0 Å². The summed E-state index contributed by atoms with van der Waals surface area (Å²) in [6.45, 7) is -0.0209. The minimum Gasteiger partial charge on any atom is -0.397 e. The molecule has 1 aliphatic heterocycles. The second kappa shape index (κ2) is 3.02. The van der Waals surface area contributed by atoms with Crippen molar-refractivity contribution in [3.05, 3.63) is 23.8 Å². The smallest absolute Gasteiger partial charge is 0.253 e. The highest BCUT2D eigenvalue weighted by atomic mass is 16.2. The number of carbonyl (C=O) groups excluding carboxylic acids is 2. The summed E-state index contributed by atoms with van der Waals surface area (Å²) in [5.74, 6) is -0.555. The minimum absolute atomic E-state index is 0.0209. The van der Waals surface area contributed by atoms with E-state index >= 15 is 0 Å². The van der Waals surface area contributed by atoms with Gasteiger partial charge in [0.25, 0.3) is 5.91 Å². The van der Waals surface area contributed by atoms with Gasteiger partial charge in [-0.2, -0.15) is 0 Å². The van der Waals surface area contributed by atoms with Crippen LogP contribution >= 0.6 is 0 Å². The number of nitrogens with two attached hydrogens (primary N) is 1. The van der Waals surface area contributed by atoms with E-state index in [0.717, 1.165) is 0 Å². The molecule has 1 aromatic rings. The van der Waals surface area contributed by atoms with E-state index in [-0.39, 0.29) is 18.4 Å². The molecule has 2 amide bonds. The van der Waals surface area contributed by atoms with Crippen LogP contribution in [-0.4, -0.2) is 18.4 Å². The third-order valence-electron chi connectivity index (χ3n) is 2.02. The van der Waals surface area contributed by atoms with Crippen LogP contribution in [0.25, 0.3) is 0 Å². The van der Waals surface area contributed by atoms with Gasteiger partial charge in [0.1, 0.15) is 0 Å². The molecule has 72 valence electrons. The van der Waals surface area contributed by atoms with Crippen molar-refractivity contribution in [1.82, 2.24) is 5.32 Å². The first-order valence-electron chi connectivity index (χ1n) is 4.15. The van der Waals surface area contributed by atoms with Gasteiger partial charge in [-0.15, -0.1) is 0 Å². The summed E-state index contributed by atoms with van der Waals surface area (Å²) in [7, 11) is 0. The molecular formula is C9H9N3O2. The van der Waals surface area contributed by atoms with Gasteiger partial charge in [-0.05, 0) is 12.1 Å². The van der Waals surface area contributed by atoms with Gasteiger partial charge in [-0.3, -0.25) is 9.59 Å². The summed E-state index contributed by atoms with van der Waals surface area (Å²) in [5.41, 5.74) is 6.83. The lowest BCUT2D eigenvalue weighted by molar-refractivity contribution is -0.115. The molecule has 0 unspecified atom stereocenters. The van der Waals surface area contributed by atoms with E-state index < -0.39 is 0 Å². The summed E-state index contributed by atoms with van der Waals surface area (Å²) >= 11 is 0. The number of rotatable bonds is 0. The molecule has 0 aliphatic carbocycles. The number of nitrogen functional groups attached to an aromatic ring is 1. The van der Waals surface area contributed by atoms with Crippen LogP contribution < -0.4 is 16.4 Å². The highest BCUT2D eigenvalue weighted by molar-refractivity contribution is 6.10. The zero-order valence-corrected chi connectivity index (χ0v) is 7.33. The predicted molar refractivity (Wildman–Crippen MR) is 51.8 cm³/mol. The van der Waals surface area contributed by atoms with Gasteiger partial charge >= 0.3 is 0 Å². The van der Waals surface area contributed by atoms with Crippen molar-refractivity contribution >= 4 is 23.2 Å². The third-order valence-corrected chi connectivity index (χ3v) is 2.02. The second-order valence-corrected chi connectivity index (χ2v) is 3.00. The molecule has 4 N–H and O–H groups in total. The molecule has 5 heteroatoms. The summed E-state index contributed by atoms with van der Waals surface area (Å²) < 4.78 is 0. The maximum atomic E-state index is 11.4. The van der Waals surface area contributed by atoms with E-state index in [1.807, 2.05) is 0 Å². The fraction of sp³-hybridized carbons (Fsp3) is 0.111. The third kappa shape index (κ3) is 1.28. The summed E-state index contributed by atoms with van der Waals surface area (Å²) in [6, 6.07) is 4.93. The molecular weight excluding hydrogens is 182 g/mol. The van der Waals surface area contributed by atoms with Crippen molar-refractivity contribution in [2.24, 2.45) is 0 Å². The molecule has 5 nitrogen and oxygen atoms in total. The largest absolute Gasteiger partial charge is 0.397 e. The van der Waals surface area contributed by atoms with E-state index in [2.05, 4.69) is 10.6 Å². The fourth-order valence-electron chi connectivity index (χ4n) is 1.34. The van der Waals surface area contributed by atoms with Gasteiger partial charge in [0.05, 0.1) is 23.5 Å². The highest BCUT2D eigenvalue weighted by Crippen LogP contribution is 2.24. The Morgan fingerprint density at radius 1 is 1.29 bits per heavy atom. The normalized spacial score (nSPS) is 15.1. The van der Waals surface area contributed by atoms with E-state index in [1.165, 1.54) is 0 Å². The van der Waals surface area contributed by atoms with Crippen LogP contribution in [0.15, 0.2) is 18.2 Å². The standard InChI is InChI=1S/C9H9N3O2/c10-6-3-1-2-5-8(6)12-7(13)4-11-9(5)14/h1-3H,4,10H2,(H,11,14)(H,12,13). The summed E-state index contributed by atoms with van der Waals surface area (Å²) in [4.78, 5) is 22.6. The quantitative estimate of drug-likeness (QED) is 0.503. The molecule has 1 heterocycles. The van der Waals surface area contributed by atoms with Crippen molar-refractivity contribution in [1.29, 1.82) is 0 Å². The average molecular weight is 191 g/mol. The lowest BCUT2D eigenvalue weighted by Gasteiger charge is -2.07. The average Bonchev–Trinajstić information content (AvgIpc) is 2.30. The van der Waals surface area contributed by atoms with Gasteiger partial charge in [-0.1, -0.05) is 6.07 Å². The van der Waals surface area contributed by atoms with Crippen LogP contribution in [0.5, 0.6) is 0 Å². The number of hydrogen-bond donors (Lipinski definition) is 3. The first kappa shape index (κ1) is 8.55. The topological polar surface area (TPSA) is 84.2 Å². The Morgan fingerprint density at radius 2 is 2.07 bits per heavy atom. The van der Waals surface area contributed by atoms with Crippen LogP contribution in [0.4, 0.5) is 11.4 Å². The zero-order chi connectivity index (χ0) is 10.1.